The number of nitrogens with zero attached hydrogens (tertiary/aromatic N) is 1. The molecule has 0 bridgehead atoms. The van der Waals surface area contributed by atoms with Crippen LogP contribution in [0.1, 0.15) is 57.9 Å². The van der Waals surface area contributed by atoms with E-state index >= 15 is 0 Å². The third-order valence-electron chi connectivity index (χ3n) is 5.74. The van der Waals surface area contributed by atoms with Gasteiger partial charge in [0.05, 0.1) is 11.8 Å². The number of esters is 1. The smallest absolute Gasteiger partial charge is 0.326 e. The SMILES string of the molecule is CC(C)c1ccc(NC(=O)[C@@H](C)OC(=O)CN2C(=O)[C@H]3CCCC[C@H]3C2=O)cc1. The molecule has 1 N–H and O–H groups in total. The van der Waals surface area contributed by atoms with Crippen LogP contribution >= 0.6 is 0 Å². The van der Waals surface area contributed by atoms with Gasteiger partial charge in [-0.15, -0.1) is 0 Å². The van der Waals surface area contributed by atoms with Gasteiger partial charge in [0.1, 0.15) is 6.54 Å². The summed E-state index contributed by atoms with van der Waals surface area (Å²) in [7, 11) is 0. The zero-order valence-electron chi connectivity index (χ0n) is 17.1. The lowest BCUT2D eigenvalue weighted by molar-refractivity contribution is -0.158. The standard InChI is InChI=1S/C22H28N2O5/c1-13(2)15-8-10-16(11-9-15)23-20(26)14(3)29-19(25)12-24-21(27)17-6-4-5-7-18(17)22(24)28/h8-11,13-14,17-18H,4-7,12H2,1-3H3,(H,23,26)/t14-,17-,18+/m1/s1. The molecule has 1 saturated heterocycles. The molecule has 2 fully saturated rings. The fourth-order valence-electron chi connectivity index (χ4n) is 4.00. The van der Waals surface area contributed by atoms with Crippen LogP contribution < -0.4 is 5.32 Å². The average molecular weight is 400 g/mol. The number of anilines is 1. The predicted octanol–water partition coefficient (Wildman–Crippen LogP) is 2.86. The molecule has 1 aliphatic heterocycles. The monoisotopic (exact) mass is 400 g/mol. The van der Waals surface area contributed by atoms with Gasteiger partial charge in [-0.05, 0) is 43.4 Å². The van der Waals surface area contributed by atoms with Crippen molar-refractivity contribution in [3.8, 4) is 0 Å². The van der Waals surface area contributed by atoms with E-state index < -0.39 is 24.5 Å². The normalized spacial score (nSPS) is 22.4. The highest BCUT2D eigenvalue weighted by atomic mass is 16.5. The Balaban J connectivity index is 1.52. The van der Waals surface area contributed by atoms with Gasteiger partial charge in [0.2, 0.25) is 11.8 Å². The lowest BCUT2D eigenvalue weighted by Crippen LogP contribution is -2.39. The molecule has 7 nitrogen and oxygen atoms in total. The summed E-state index contributed by atoms with van der Waals surface area (Å²) in [4.78, 5) is 50.4. The number of hydrogen-bond acceptors (Lipinski definition) is 5. The summed E-state index contributed by atoms with van der Waals surface area (Å²) in [6, 6.07) is 7.46. The van der Waals surface area contributed by atoms with Crippen LogP contribution in [0.15, 0.2) is 24.3 Å². The number of amides is 3. The van der Waals surface area contributed by atoms with Crippen molar-refractivity contribution in [1.29, 1.82) is 0 Å². The van der Waals surface area contributed by atoms with Crippen LogP contribution in [0, 0.1) is 11.8 Å². The van der Waals surface area contributed by atoms with E-state index in [0.717, 1.165) is 23.3 Å². The van der Waals surface area contributed by atoms with Crippen LogP contribution in [0.25, 0.3) is 0 Å². The average Bonchev–Trinajstić information content (AvgIpc) is 2.93. The zero-order valence-corrected chi connectivity index (χ0v) is 17.1. The number of benzene rings is 1. The van der Waals surface area contributed by atoms with E-state index in [1.807, 2.05) is 12.1 Å². The summed E-state index contributed by atoms with van der Waals surface area (Å²) in [5, 5.41) is 2.70. The molecule has 0 radical (unpaired) electrons. The van der Waals surface area contributed by atoms with Crippen molar-refractivity contribution in [3.63, 3.8) is 0 Å². The van der Waals surface area contributed by atoms with Crippen molar-refractivity contribution in [2.45, 2.75) is 58.5 Å². The fourth-order valence-corrected chi connectivity index (χ4v) is 4.00. The molecule has 1 saturated carbocycles. The summed E-state index contributed by atoms with van der Waals surface area (Å²) >= 11 is 0. The number of hydrogen-bond donors (Lipinski definition) is 1. The summed E-state index contributed by atoms with van der Waals surface area (Å²) in [6.07, 6.45) is 2.19. The molecule has 1 aromatic rings. The summed E-state index contributed by atoms with van der Waals surface area (Å²) in [5.41, 5.74) is 1.76. The maximum atomic E-state index is 12.4. The Morgan fingerprint density at radius 1 is 1.03 bits per heavy atom. The second-order valence-electron chi connectivity index (χ2n) is 8.16. The molecule has 29 heavy (non-hydrogen) atoms. The number of carbonyl (C=O) groups is 4. The first-order valence-electron chi connectivity index (χ1n) is 10.2. The molecule has 7 heteroatoms. The van der Waals surface area contributed by atoms with Crippen LogP contribution in [0.4, 0.5) is 5.69 Å². The molecule has 0 aromatic heterocycles. The van der Waals surface area contributed by atoms with E-state index in [0.29, 0.717) is 24.4 Å². The van der Waals surface area contributed by atoms with Crippen LogP contribution in [0.5, 0.6) is 0 Å². The predicted molar refractivity (Wildman–Crippen MR) is 107 cm³/mol. The van der Waals surface area contributed by atoms with Crippen molar-refractivity contribution >= 4 is 29.4 Å². The van der Waals surface area contributed by atoms with Gasteiger partial charge in [-0.2, -0.15) is 0 Å². The highest BCUT2D eigenvalue weighted by Crippen LogP contribution is 2.37. The van der Waals surface area contributed by atoms with E-state index in [-0.39, 0.29) is 23.7 Å². The number of imide groups is 1. The Bertz CT molecular complexity index is 778. The van der Waals surface area contributed by atoms with Gasteiger partial charge in [0.25, 0.3) is 5.91 Å². The minimum Gasteiger partial charge on any atom is -0.451 e. The van der Waals surface area contributed by atoms with E-state index in [1.165, 1.54) is 6.92 Å². The first-order valence-corrected chi connectivity index (χ1v) is 10.2. The fraction of sp³-hybridized carbons (Fsp3) is 0.545. The third kappa shape index (κ3) is 4.66. The van der Waals surface area contributed by atoms with Gasteiger partial charge < -0.3 is 10.1 Å². The molecule has 3 atom stereocenters. The highest BCUT2D eigenvalue weighted by Gasteiger charge is 2.48. The lowest BCUT2D eigenvalue weighted by atomic mass is 9.81. The summed E-state index contributed by atoms with van der Waals surface area (Å²) in [5.74, 6) is -2.04. The molecular weight excluding hydrogens is 372 g/mol. The third-order valence-corrected chi connectivity index (χ3v) is 5.74. The number of fused-ring (bicyclic) bond motifs is 1. The maximum Gasteiger partial charge on any atom is 0.326 e. The second kappa shape index (κ2) is 8.76. The second-order valence-corrected chi connectivity index (χ2v) is 8.16. The molecule has 1 aromatic carbocycles. The zero-order chi connectivity index (χ0) is 21.1. The molecule has 3 rings (SSSR count). The van der Waals surface area contributed by atoms with Gasteiger partial charge in [0, 0.05) is 5.69 Å². The van der Waals surface area contributed by atoms with Gasteiger partial charge in [0.15, 0.2) is 6.10 Å². The van der Waals surface area contributed by atoms with Gasteiger partial charge in [-0.25, -0.2) is 0 Å². The van der Waals surface area contributed by atoms with Crippen molar-refractivity contribution in [3.05, 3.63) is 29.8 Å². The number of rotatable bonds is 6. The highest BCUT2D eigenvalue weighted by molar-refractivity contribution is 6.07. The Morgan fingerprint density at radius 3 is 2.10 bits per heavy atom. The van der Waals surface area contributed by atoms with Crippen molar-refractivity contribution in [2.75, 3.05) is 11.9 Å². The molecular formula is C22H28N2O5. The van der Waals surface area contributed by atoms with Crippen LogP contribution in [-0.2, 0) is 23.9 Å². The lowest BCUT2D eigenvalue weighted by Gasteiger charge is -2.19. The molecule has 0 unspecified atom stereocenters. The van der Waals surface area contributed by atoms with Crippen LogP contribution in [0.3, 0.4) is 0 Å². The maximum absolute atomic E-state index is 12.4. The first-order chi connectivity index (χ1) is 13.8. The molecule has 2 aliphatic rings. The number of ether oxygens (including phenoxy) is 1. The van der Waals surface area contributed by atoms with Gasteiger partial charge in [-0.3, -0.25) is 24.1 Å². The van der Waals surface area contributed by atoms with E-state index in [4.69, 9.17) is 4.74 Å². The summed E-state index contributed by atoms with van der Waals surface area (Å²) < 4.78 is 5.16. The molecule has 1 heterocycles. The Labute approximate surface area is 170 Å². The van der Waals surface area contributed by atoms with Crippen LogP contribution in [0.2, 0.25) is 0 Å². The minimum atomic E-state index is -1.04. The first kappa shape index (κ1) is 21.0. The topological polar surface area (TPSA) is 92.8 Å². The van der Waals surface area contributed by atoms with Gasteiger partial charge >= 0.3 is 5.97 Å². The van der Waals surface area contributed by atoms with Crippen molar-refractivity contribution in [1.82, 2.24) is 4.90 Å². The molecule has 156 valence electrons. The van der Waals surface area contributed by atoms with Crippen molar-refractivity contribution < 1.29 is 23.9 Å². The van der Waals surface area contributed by atoms with Gasteiger partial charge in [-0.1, -0.05) is 38.8 Å². The molecule has 1 aliphatic carbocycles. The largest absolute Gasteiger partial charge is 0.451 e. The Hall–Kier alpha value is -2.70. The minimum absolute atomic E-state index is 0.293. The van der Waals surface area contributed by atoms with E-state index in [9.17, 15) is 19.2 Å². The number of nitrogens with one attached hydrogen (secondary N) is 1. The van der Waals surface area contributed by atoms with E-state index in [2.05, 4.69) is 19.2 Å². The quantitative estimate of drug-likeness (QED) is 0.585. The van der Waals surface area contributed by atoms with Crippen molar-refractivity contribution in [2.24, 2.45) is 11.8 Å². The summed E-state index contributed by atoms with van der Waals surface area (Å²) in [6.45, 7) is 5.19. The Kier molecular flexibility index (Phi) is 6.35. The van der Waals surface area contributed by atoms with E-state index in [1.54, 1.807) is 12.1 Å². The number of likely N-dealkylation sites (tertiary alicyclic amines) is 1. The Morgan fingerprint density at radius 2 is 1.59 bits per heavy atom. The number of carbonyl (C=O) groups excluding carboxylic acids is 4. The van der Waals surface area contributed by atoms with Crippen LogP contribution in [-0.4, -0.2) is 41.2 Å². The molecule has 0 spiro atoms. The molecule has 3 amide bonds.